The molecule has 342 valence electrons. The zero-order chi connectivity index (χ0) is 45.3. The third-order valence-corrected chi connectivity index (χ3v) is 10.8. The number of aliphatic hydroxyl groups is 9. The Kier molecular flexibility index (Phi) is 14.8. The molecule has 0 aliphatic carbocycles. The molecule has 3 fully saturated rings. The first-order chi connectivity index (χ1) is 29.4. The van der Waals surface area contributed by atoms with Crippen molar-refractivity contribution < 1.29 is 98.2 Å². The molecule has 0 unspecified atom stereocenters. The quantitative estimate of drug-likeness (QED) is 0.0687. The minimum atomic E-state index is -1.99. The molecule has 21 heteroatoms. The minimum absolute atomic E-state index is 0.00641. The molecule has 0 bridgehead atoms. The number of phenols is 1. The maximum Gasteiger partial charge on any atom is 0.303 e. The molecule has 10 N–H and O–H groups in total. The van der Waals surface area contributed by atoms with Gasteiger partial charge in [-0.2, -0.15) is 0 Å². The van der Waals surface area contributed by atoms with E-state index in [1.165, 1.54) is 26.2 Å². The average Bonchev–Trinajstić information content (AvgIpc) is 3.24. The van der Waals surface area contributed by atoms with E-state index in [2.05, 4.69) is 0 Å². The third-order valence-electron chi connectivity index (χ3n) is 10.8. The number of methoxy groups -OCH3 is 1. The van der Waals surface area contributed by atoms with Crippen LogP contribution in [-0.4, -0.2) is 169 Å². The minimum Gasteiger partial charge on any atom is -0.507 e. The molecule has 3 aromatic rings. The summed E-state index contributed by atoms with van der Waals surface area (Å²) in [5, 5.41) is 105. The van der Waals surface area contributed by atoms with E-state index in [4.69, 9.17) is 42.3 Å². The number of benzene rings is 2. The number of ether oxygens (including phenoxy) is 8. The van der Waals surface area contributed by atoms with Crippen LogP contribution in [0.5, 0.6) is 23.0 Å². The molecule has 0 amide bonds. The Morgan fingerprint density at radius 3 is 1.90 bits per heavy atom. The van der Waals surface area contributed by atoms with Crippen molar-refractivity contribution in [2.45, 2.75) is 126 Å². The van der Waals surface area contributed by atoms with E-state index in [0.29, 0.717) is 5.75 Å². The van der Waals surface area contributed by atoms with Crippen molar-refractivity contribution in [3.05, 3.63) is 57.8 Å². The predicted octanol–water partition coefficient (Wildman–Crippen LogP) is -1.54. The van der Waals surface area contributed by atoms with Crippen LogP contribution in [0.25, 0.3) is 22.3 Å². The van der Waals surface area contributed by atoms with E-state index < -0.39 is 134 Å². The number of aromatic hydroxyl groups is 1. The first-order valence-corrected chi connectivity index (χ1v) is 19.6. The van der Waals surface area contributed by atoms with Crippen LogP contribution in [-0.2, 0) is 34.9 Å². The van der Waals surface area contributed by atoms with Crippen LogP contribution >= 0.6 is 0 Å². The van der Waals surface area contributed by atoms with E-state index in [1.54, 1.807) is 32.1 Å². The van der Waals surface area contributed by atoms with Gasteiger partial charge in [-0.1, -0.05) is 11.6 Å². The van der Waals surface area contributed by atoms with Gasteiger partial charge in [0.2, 0.25) is 23.8 Å². The van der Waals surface area contributed by atoms with Crippen molar-refractivity contribution in [1.29, 1.82) is 0 Å². The van der Waals surface area contributed by atoms with E-state index in [9.17, 15) is 60.7 Å². The molecule has 0 radical (unpaired) electrons. The Balaban J connectivity index is 1.48. The normalized spacial score (nSPS) is 33.7. The van der Waals surface area contributed by atoms with Crippen LogP contribution in [0.3, 0.4) is 0 Å². The molecule has 2 aromatic carbocycles. The fourth-order valence-corrected chi connectivity index (χ4v) is 7.34. The van der Waals surface area contributed by atoms with Crippen molar-refractivity contribution in [2.24, 2.45) is 0 Å². The number of rotatable bonds is 13. The monoisotopic (exact) mass is 880 g/mol. The number of allylic oxidation sites excluding steroid dienone is 2. The highest BCUT2D eigenvalue weighted by molar-refractivity contribution is 5.91. The van der Waals surface area contributed by atoms with Gasteiger partial charge < -0.3 is 93.4 Å². The Hall–Kier alpha value is -4.46. The van der Waals surface area contributed by atoms with E-state index in [0.717, 1.165) is 18.6 Å². The number of fused-ring (bicyclic) bond motifs is 1. The highest BCUT2D eigenvalue weighted by Crippen LogP contribution is 2.42. The Morgan fingerprint density at radius 2 is 1.34 bits per heavy atom. The first-order valence-electron chi connectivity index (χ1n) is 19.6. The zero-order valence-electron chi connectivity index (χ0n) is 34.2. The molecular weight excluding hydrogens is 828 g/mol. The van der Waals surface area contributed by atoms with Crippen LogP contribution in [0.1, 0.15) is 33.3 Å². The second-order valence-corrected chi connectivity index (χ2v) is 15.4. The molecule has 15 atom stereocenters. The van der Waals surface area contributed by atoms with Gasteiger partial charge in [-0.25, -0.2) is 0 Å². The van der Waals surface area contributed by atoms with Crippen LogP contribution in [0.4, 0.5) is 0 Å². The van der Waals surface area contributed by atoms with Gasteiger partial charge >= 0.3 is 5.97 Å². The van der Waals surface area contributed by atoms with Gasteiger partial charge in [-0.15, -0.1) is 0 Å². The SMILES string of the molecule is COc1ccc(-c2oc3c(CC=C(C)C)c(O[C@H]4O[C@H](CO)[C@@H](O)[C@H](O)[C@H]4O)cc(O)c3c(=O)c2O[C@H]2O[C@@H](C)[C@H](OC(C)=O)[C@@H](O[C@H]3O[C@H](CO)[C@H](O)[C@@H](O)[C@H]3O)[C@H]2O)cc1. The summed E-state index contributed by atoms with van der Waals surface area (Å²) in [5.41, 5.74) is -0.0771. The van der Waals surface area contributed by atoms with Crippen molar-refractivity contribution in [3.63, 3.8) is 0 Å². The summed E-state index contributed by atoms with van der Waals surface area (Å²) >= 11 is 0. The molecule has 21 nitrogen and oxygen atoms in total. The van der Waals surface area contributed by atoms with E-state index >= 15 is 0 Å². The van der Waals surface area contributed by atoms with E-state index in [-0.39, 0.29) is 34.6 Å². The molecule has 0 saturated carbocycles. The van der Waals surface area contributed by atoms with Crippen molar-refractivity contribution >= 4 is 16.9 Å². The van der Waals surface area contributed by atoms with Crippen molar-refractivity contribution in [1.82, 2.24) is 0 Å². The molecule has 6 rings (SSSR count). The van der Waals surface area contributed by atoms with Crippen molar-refractivity contribution in [2.75, 3.05) is 20.3 Å². The van der Waals surface area contributed by atoms with Gasteiger partial charge in [-0.3, -0.25) is 9.59 Å². The highest BCUT2D eigenvalue weighted by Gasteiger charge is 2.53. The number of carbonyl (C=O) groups excluding carboxylic acids is 1. The molecule has 3 saturated heterocycles. The molecule has 62 heavy (non-hydrogen) atoms. The van der Waals surface area contributed by atoms with Crippen LogP contribution < -0.4 is 19.6 Å². The largest absolute Gasteiger partial charge is 0.507 e. The Morgan fingerprint density at radius 1 is 0.758 bits per heavy atom. The second kappa shape index (κ2) is 19.5. The summed E-state index contributed by atoms with van der Waals surface area (Å²) in [5.74, 6) is -2.20. The van der Waals surface area contributed by atoms with Gasteiger partial charge in [0.05, 0.1) is 26.4 Å². The zero-order valence-corrected chi connectivity index (χ0v) is 34.2. The second-order valence-electron chi connectivity index (χ2n) is 15.4. The number of aliphatic hydroxyl groups excluding tert-OH is 9. The van der Waals surface area contributed by atoms with Gasteiger partial charge in [0.1, 0.15) is 89.3 Å². The van der Waals surface area contributed by atoms with Gasteiger partial charge in [0, 0.05) is 24.1 Å². The fourth-order valence-electron chi connectivity index (χ4n) is 7.34. The molecular formula is C41H52O21. The van der Waals surface area contributed by atoms with Crippen LogP contribution in [0.15, 0.2) is 51.2 Å². The molecule has 3 aliphatic heterocycles. The average molecular weight is 881 g/mol. The Labute approximate surface area is 353 Å². The lowest BCUT2D eigenvalue weighted by Gasteiger charge is -2.46. The maximum atomic E-state index is 14.8. The van der Waals surface area contributed by atoms with Crippen LogP contribution in [0.2, 0.25) is 0 Å². The van der Waals surface area contributed by atoms with Crippen molar-refractivity contribution in [3.8, 4) is 34.3 Å². The number of hydrogen-bond acceptors (Lipinski definition) is 21. The summed E-state index contributed by atoms with van der Waals surface area (Å²) in [4.78, 5) is 27.0. The van der Waals surface area contributed by atoms with Crippen LogP contribution in [0, 0.1) is 0 Å². The summed E-state index contributed by atoms with van der Waals surface area (Å²) in [6, 6.07) is 7.16. The lowest BCUT2D eigenvalue weighted by molar-refractivity contribution is -0.350. The summed E-state index contributed by atoms with van der Waals surface area (Å²) < 4.78 is 52.2. The fraction of sp³-hybridized carbons (Fsp3) is 0.561. The maximum absolute atomic E-state index is 14.8. The first kappa shape index (κ1) is 47.0. The number of hydrogen-bond donors (Lipinski definition) is 10. The molecule has 1 aromatic heterocycles. The van der Waals surface area contributed by atoms with Gasteiger partial charge in [-0.05, 0) is 51.5 Å². The van der Waals surface area contributed by atoms with E-state index in [1.807, 2.05) is 0 Å². The number of carbonyl (C=O) groups is 1. The van der Waals surface area contributed by atoms with Gasteiger partial charge in [0.15, 0.2) is 18.2 Å². The molecule has 0 spiro atoms. The number of phenolic OH excluding ortho intramolecular Hbond substituents is 1. The highest BCUT2D eigenvalue weighted by atomic mass is 16.7. The number of esters is 1. The standard InChI is InChI=1S/C41H52O21/c1-15(2)6-11-20-22(57-39-31(51)29(49)26(46)23(13-42)58-39)12-21(45)25-28(48)37(35(60-36(20)25)18-7-9-19(54-5)10-8-18)61-41-33(53)38(34(16(3)55-41)56-17(4)44)62-40-32(52)30(50)27(47)24(14-43)59-40/h6-10,12,16,23-24,26-27,29-34,38-43,45-47,49-53H,11,13-14H2,1-5H3/t16-,23+,24+,26+,27-,29-,30+,31+,32+,33+,34-,38-,39-,40+,41+/m0/s1. The summed E-state index contributed by atoms with van der Waals surface area (Å²) in [6.07, 6.45) is -23.5. The van der Waals surface area contributed by atoms with Gasteiger partial charge in [0.25, 0.3) is 0 Å². The summed E-state index contributed by atoms with van der Waals surface area (Å²) in [6.45, 7) is 4.54. The third kappa shape index (κ3) is 9.40. The lowest BCUT2D eigenvalue weighted by atomic mass is 9.97. The topological polar surface area (TPSA) is 323 Å². The molecule has 4 heterocycles. The molecule has 3 aliphatic rings. The lowest BCUT2D eigenvalue weighted by Crippen LogP contribution is -2.65. The summed E-state index contributed by atoms with van der Waals surface area (Å²) in [7, 11) is 1.43. The Bertz CT molecular complexity index is 2110. The predicted molar refractivity (Wildman–Crippen MR) is 209 cm³/mol. The smallest absolute Gasteiger partial charge is 0.303 e.